The van der Waals surface area contributed by atoms with E-state index in [1.54, 1.807) is 16.7 Å². The van der Waals surface area contributed by atoms with Crippen molar-refractivity contribution in [2.24, 2.45) is 0 Å². The molecule has 0 saturated carbocycles. The number of ether oxygens (including phenoxy) is 1. The van der Waals surface area contributed by atoms with Crippen LogP contribution in [0.25, 0.3) is 0 Å². The van der Waals surface area contributed by atoms with Gasteiger partial charge in [-0.3, -0.25) is 14.6 Å². The number of hydrogen-bond donors (Lipinski definition) is 0. The first-order chi connectivity index (χ1) is 19.9. The predicted octanol–water partition coefficient (Wildman–Crippen LogP) is 4.72. The Morgan fingerprint density at radius 2 is 1.41 bits per heavy atom. The Morgan fingerprint density at radius 1 is 0.854 bits per heavy atom. The lowest BCUT2D eigenvalue weighted by atomic mass is 9.98. The van der Waals surface area contributed by atoms with E-state index in [-0.39, 0.29) is 31.1 Å². The predicted molar refractivity (Wildman–Crippen MR) is 159 cm³/mol. The van der Waals surface area contributed by atoms with Gasteiger partial charge in [0.1, 0.15) is 0 Å². The van der Waals surface area contributed by atoms with E-state index >= 15 is 0 Å². The summed E-state index contributed by atoms with van der Waals surface area (Å²) < 4.78 is 5.54. The average Bonchev–Trinajstić information content (AvgIpc) is 3.29. The summed E-state index contributed by atoms with van der Waals surface area (Å²) in [4.78, 5) is 49.3. The largest absolute Gasteiger partial charge is 0.464 e. The summed E-state index contributed by atoms with van der Waals surface area (Å²) in [6.45, 7) is 2.21. The number of likely N-dealkylation sites (tertiary alicyclic amines) is 1. The topological polar surface area (TPSA) is 73.4 Å². The molecule has 41 heavy (non-hydrogen) atoms. The fourth-order valence-corrected chi connectivity index (χ4v) is 6.15. The number of piperazine rings is 1. The van der Waals surface area contributed by atoms with Crippen LogP contribution in [0.15, 0.2) is 91.0 Å². The molecule has 3 aromatic rings. The molecule has 0 aliphatic carbocycles. The van der Waals surface area contributed by atoms with Gasteiger partial charge in [-0.05, 0) is 70.1 Å². The monoisotopic (exact) mass is 554 g/mol. The van der Waals surface area contributed by atoms with Crippen molar-refractivity contribution in [3.05, 3.63) is 96.6 Å². The van der Waals surface area contributed by atoms with E-state index in [2.05, 4.69) is 0 Å². The minimum absolute atomic E-state index is 0.0178. The number of nitrogens with zero attached hydrogens (tertiary/aromatic N) is 4. The van der Waals surface area contributed by atoms with E-state index < -0.39 is 24.1 Å². The number of amides is 3. The maximum Gasteiger partial charge on any atom is 0.331 e. The Hall–Kier alpha value is -4.17. The van der Waals surface area contributed by atoms with Crippen LogP contribution in [0.4, 0.5) is 16.2 Å². The van der Waals surface area contributed by atoms with E-state index in [1.807, 2.05) is 115 Å². The highest BCUT2D eigenvalue weighted by atomic mass is 16.5. The third kappa shape index (κ3) is 5.84. The fraction of sp³-hybridized carbons (Fsp3) is 0.364. The first-order valence-corrected chi connectivity index (χ1v) is 14.3. The van der Waals surface area contributed by atoms with Crippen LogP contribution in [-0.2, 0) is 20.7 Å². The summed E-state index contributed by atoms with van der Waals surface area (Å²) in [6, 6.07) is 26.6. The SMILES string of the molecule is CCOC(=O)[C@H]1[C@H]2CC[C@@H](CN1C(=O)N(c1ccccc1)c1ccccc1)N2C(=O)[C@H](Cc1ccccc1)N(C)C. The van der Waals surface area contributed by atoms with E-state index in [4.69, 9.17) is 4.74 Å². The molecule has 0 aromatic heterocycles. The molecule has 2 fully saturated rings. The summed E-state index contributed by atoms with van der Waals surface area (Å²) in [5.41, 5.74) is 2.48. The number of anilines is 2. The summed E-state index contributed by atoms with van der Waals surface area (Å²) in [5, 5.41) is 0. The van der Waals surface area contributed by atoms with Gasteiger partial charge >= 0.3 is 12.0 Å². The second-order valence-electron chi connectivity index (χ2n) is 10.9. The molecular formula is C33H38N4O4. The number of esters is 1. The van der Waals surface area contributed by atoms with Gasteiger partial charge in [0.05, 0.1) is 30.1 Å². The van der Waals surface area contributed by atoms with Crippen molar-refractivity contribution in [3.63, 3.8) is 0 Å². The lowest BCUT2D eigenvalue weighted by Gasteiger charge is -2.48. The van der Waals surface area contributed by atoms with Crippen molar-refractivity contribution in [1.82, 2.24) is 14.7 Å². The molecule has 2 heterocycles. The second-order valence-corrected chi connectivity index (χ2v) is 10.9. The highest BCUT2D eigenvalue weighted by Gasteiger charge is 2.54. The van der Waals surface area contributed by atoms with Crippen LogP contribution < -0.4 is 4.90 Å². The molecule has 0 spiro atoms. The number of hydrogen-bond acceptors (Lipinski definition) is 5. The molecule has 0 unspecified atom stereocenters. The number of rotatable bonds is 8. The highest BCUT2D eigenvalue weighted by Crippen LogP contribution is 2.38. The molecule has 2 saturated heterocycles. The third-order valence-electron chi connectivity index (χ3n) is 8.08. The summed E-state index contributed by atoms with van der Waals surface area (Å²) >= 11 is 0. The van der Waals surface area contributed by atoms with Crippen LogP contribution in [0.2, 0.25) is 0 Å². The highest BCUT2D eigenvalue weighted by molar-refractivity contribution is 6.01. The standard InChI is InChI=1S/C33H38N4O4/c1-4-41-32(39)30-28-21-20-27(37(28)31(38)29(34(2)3)22-24-14-8-5-9-15-24)23-35(30)33(40)36(25-16-10-6-11-17-25)26-18-12-7-13-19-26/h5-19,27-30H,4,20-23H2,1-3H3/t27-,28+,29-,30+/m0/s1. The second kappa shape index (κ2) is 12.6. The minimum atomic E-state index is -0.903. The molecule has 3 aromatic carbocycles. The fourth-order valence-electron chi connectivity index (χ4n) is 6.15. The average molecular weight is 555 g/mol. The number of urea groups is 1. The molecular weight excluding hydrogens is 516 g/mol. The number of benzene rings is 3. The van der Waals surface area contributed by atoms with Gasteiger partial charge in [0.25, 0.3) is 0 Å². The summed E-state index contributed by atoms with van der Waals surface area (Å²) in [6.07, 6.45) is 1.91. The Labute approximate surface area is 242 Å². The van der Waals surface area contributed by atoms with Gasteiger partial charge in [-0.25, -0.2) is 9.59 Å². The van der Waals surface area contributed by atoms with E-state index in [9.17, 15) is 14.4 Å². The number of carbonyl (C=O) groups is 3. The van der Waals surface area contributed by atoms with Crippen molar-refractivity contribution in [2.75, 3.05) is 32.1 Å². The number of para-hydroxylation sites is 2. The van der Waals surface area contributed by atoms with Crippen molar-refractivity contribution >= 4 is 29.3 Å². The molecule has 0 radical (unpaired) electrons. The minimum Gasteiger partial charge on any atom is -0.464 e. The zero-order valence-electron chi connectivity index (χ0n) is 23.9. The number of fused-ring (bicyclic) bond motifs is 2. The van der Waals surface area contributed by atoms with Crippen LogP contribution >= 0.6 is 0 Å². The quantitative estimate of drug-likeness (QED) is 0.377. The van der Waals surface area contributed by atoms with Crippen molar-refractivity contribution in [1.29, 1.82) is 0 Å². The third-order valence-corrected chi connectivity index (χ3v) is 8.08. The lowest BCUT2D eigenvalue weighted by molar-refractivity contribution is -0.157. The maximum absolute atomic E-state index is 14.4. The zero-order chi connectivity index (χ0) is 28.9. The Morgan fingerprint density at radius 3 is 1.95 bits per heavy atom. The van der Waals surface area contributed by atoms with E-state index in [0.717, 1.165) is 12.0 Å². The molecule has 214 valence electrons. The van der Waals surface area contributed by atoms with Gasteiger partial charge in [0.15, 0.2) is 6.04 Å². The molecule has 2 aliphatic rings. The lowest BCUT2D eigenvalue weighted by Crippen LogP contribution is -2.68. The van der Waals surface area contributed by atoms with Gasteiger partial charge in [-0.15, -0.1) is 0 Å². The normalized spacial score (nSPS) is 20.5. The van der Waals surface area contributed by atoms with Crippen molar-refractivity contribution < 1.29 is 19.1 Å². The Kier molecular flexibility index (Phi) is 8.69. The first kappa shape index (κ1) is 28.4. The molecule has 8 nitrogen and oxygen atoms in total. The van der Waals surface area contributed by atoms with Crippen LogP contribution in [0.5, 0.6) is 0 Å². The van der Waals surface area contributed by atoms with Gasteiger partial charge in [-0.1, -0.05) is 66.7 Å². The van der Waals surface area contributed by atoms with Crippen LogP contribution in [0, 0.1) is 0 Å². The maximum atomic E-state index is 14.4. The summed E-state index contributed by atoms with van der Waals surface area (Å²) in [5.74, 6) is -0.495. The van der Waals surface area contributed by atoms with Gasteiger partial charge in [-0.2, -0.15) is 0 Å². The Balaban J connectivity index is 1.49. The molecule has 2 bridgehead atoms. The van der Waals surface area contributed by atoms with Gasteiger partial charge < -0.3 is 14.5 Å². The smallest absolute Gasteiger partial charge is 0.331 e. The van der Waals surface area contributed by atoms with E-state index in [1.165, 1.54) is 0 Å². The van der Waals surface area contributed by atoms with Crippen molar-refractivity contribution in [3.8, 4) is 0 Å². The van der Waals surface area contributed by atoms with Gasteiger partial charge in [0, 0.05) is 12.6 Å². The number of likely N-dealkylation sites (N-methyl/N-ethyl adjacent to an activating group) is 1. The van der Waals surface area contributed by atoms with E-state index in [0.29, 0.717) is 24.2 Å². The van der Waals surface area contributed by atoms with Crippen molar-refractivity contribution in [2.45, 2.75) is 50.4 Å². The first-order valence-electron chi connectivity index (χ1n) is 14.3. The molecule has 8 heteroatoms. The molecule has 4 atom stereocenters. The van der Waals surface area contributed by atoms with Crippen LogP contribution in [-0.4, -0.2) is 84.0 Å². The molecule has 0 N–H and O–H groups in total. The Bertz CT molecular complexity index is 1300. The van der Waals surface area contributed by atoms with Gasteiger partial charge in [0.2, 0.25) is 5.91 Å². The zero-order valence-corrected chi connectivity index (χ0v) is 23.9. The molecule has 3 amide bonds. The summed E-state index contributed by atoms with van der Waals surface area (Å²) in [7, 11) is 3.82. The number of carbonyl (C=O) groups excluding carboxylic acids is 3. The van der Waals surface area contributed by atoms with Crippen LogP contribution in [0.1, 0.15) is 25.3 Å². The van der Waals surface area contributed by atoms with Crippen LogP contribution in [0.3, 0.4) is 0 Å². The molecule has 2 aliphatic heterocycles. The molecule has 5 rings (SSSR count).